The van der Waals surface area contributed by atoms with Crippen LogP contribution < -0.4 is 0 Å². The summed E-state index contributed by atoms with van der Waals surface area (Å²) in [6.45, 7) is -1.07. The predicted molar refractivity (Wildman–Crippen MR) is 140 cm³/mol. The number of phenols is 6. The van der Waals surface area contributed by atoms with Crippen LogP contribution in [0.5, 0.6) is 34.5 Å². The Balaban J connectivity index is 1.45. The second kappa shape index (κ2) is 13.6. The van der Waals surface area contributed by atoms with Gasteiger partial charge in [0.25, 0.3) is 0 Å². The van der Waals surface area contributed by atoms with Crippen LogP contribution in [0.25, 0.3) is 0 Å². The van der Waals surface area contributed by atoms with Crippen LogP contribution in [0.2, 0.25) is 0 Å². The standard InChI is InChI=1S/C27H34O17/c28-12-1-9(2-13(29)20(12)34)25(39)42-7-18-23(37)24(38)19(8-41-18)43-27(11-5-16(32)22(36)17(33)6-11)44-26(40)10-3-14(30)21(35)15(31)4-10/h1-2,5-6,10,14-15,18-19,21,23-24,26-38,40H,3-4,7-8H2/t10?,14-,15+,18-,19+,21?,23-,24-,26-,27+/m1/s1. The smallest absolute Gasteiger partial charge is 0.338 e. The number of carbonyl (C=O) groups is 1. The highest BCUT2D eigenvalue weighted by Crippen LogP contribution is 2.40. The van der Waals surface area contributed by atoms with Gasteiger partial charge < -0.3 is 80.2 Å². The molecule has 44 heavy (non-hydrogen) atoms. The lowest BCUT2D eigenvalue weighted by Gasteiger charge is -2.40. The van der Waals surface area contributed by atoms with Crippen LogP contribution in [-0.2, 0) is 18.9 Å². The monoisotopic (exact) mass is 630 g/mol. The Morgan fingerprint density at radius 1 is 0.795 bits per heavy atom. The fourth-order valence-electron chi connectivity index (χ4n) is 4.92. The number of esters is 1. The Kier molecular flexibility index (Phi) is 10.2. The summed E-state index contributed by atoms with van der Waals surface area (Å²) in [5.74, 6) is -6.87. The fourth-order valence-corrected chi connectivity index (χ4v) is 4.92. The Morgan fingerprint density at radius 2 is 1.32 bits per heavy atom. The van der Waals surface area contributed by atoms with Gasteiger partial charge in [-0.1, -0.05) is 0 Å². The lowest BCUT2D eigenvalue weighted by molar-refractivity contribution is -0.302. The van der Waals surface area contributed by atoms with E-state index in [1.54, 1.807) is 0 Å². The molecule has 1 saturated heterocycles. The van der Waals surface area contributed by atoms with Crippen molar-refractivity contribution in [2.24, 2.45) is 5.92 Å². The van der Waals surface area contributed by atoms with Gasteiger partial charge in [-0.2, -0.15) is 0 Å². The second-order valence-corrected chi connectivity index (χ2v) is 10.6. The van der Waals surface area contributed by atoms with E-state index in [0.717, 1.165) is 24.3 Å². The van der Waals surface area contributed by atoms with E-state index in [4.69, 9.17) is 18.9 Å². The summed E-state index contributed by atoms with van der Waals surface area (Å²) >= 11 is 0. The van der Waals surface area contributed by atoms with E-state index in [2.05, 4.69) is 0 Å². The second-order valence-electron chi connectivity index (χ2n) is 10.6. The van der Waals surface area contributed by atoms with Crippen LogP contribution in [0, 0.1) is 5.92 Å². The maximum Gasteiger partial charge on any atom is 0.338 e. The molecule has 12 N–H and O–H groups in total. The molecule has 2 aliphatic rings. The quantitative estimate of drug-likeness (QED) is 0.0818. The first-order valence-corrected chi connectivity index (χ1v) is 13.4. The Hall–Kier alpha value is -3.65. The van der Waals surface area contributed by atoms with Crippen molar-refractivity contribution in [3.63, 3.8) is 0 Å². The zero-order chi connectivity index (χ0) is 32.5. The van der Waals surface area contributed by atoms with Gasteiger partial charge in [-0.25, -0.2) is 4.79 Å². The highest BCUT2D eigenvalue weighted by Gasteiger charge is 2.43. The van der Waals surface area contributed by atoms with Crippen molar-refractivity contribution >= 4 is 5.97 Å². The molecular weight excluding hydrogens is 596 g/mol. The molecule has 2 aromatic rings. The van der Waals surface area contributed by atoms with E-state index in [0.29, 0.717) is 0 Å². The third-order valence-electron chi connectivity index (χ3n) is 7.48. The summed E-state index contributed by atoms with van der Waals surface area (Å²) in [5, 5.41) is 120. The minimum absolute atomic E-state index is 0.174. The molecule has 1 aliphatic heterocycles. The van der Waals surface area contributed by atoms with Crippen molar-refractivity contribution in [1.29, 1.82) is 0 Å². The number of aliphatic hydroxyl groups excluding tert-OH is 6. The molecule has 10 atom stereocenters. The van der Waals surface area contributed by atoms with E-state index in [1.807, 2.05) is 0 Å². The molecular formula is C27H34O17. The molecule has 1 aliphatic carbocycles. The van der Waals surface area contributed by atoms with Gasteiger partial charge in [-0.15, -0.1) is 0 Å². The topological polar surface area (TPSA) is 297 Å². The summed E-state index contributed by atoms with van der Waals surface area (Å²) < 4.78 is 21.8. The number of benzene rings is 2. The first-order chi connectivity index (χ1) is 20.7. The molecule has 1 heterocycles. The van der Waals surface area contributed by atoms with Crippen molar-refractivity contribution in [2.45, 2.75) is 68.1 Å². The van der Waals surface area contributed by atoms with Crippen LogP contribution in [0.1, 0.15) is 35.1 Å². The van der Waals surface area contributed by atoms with Crippen molar-refractivity contribution in [2.75, 3.05) is 13.2 Å². The molecule has 0 radical (unpaired) electrons. The minimum atomic E-state index is -1.77. The van der Waals surface area contributed by atoms with Crippen molar-refractivity contribution in [3.05, 3.63) is 35.4 Å². The molecule has 244 valence electrons. The highest BCUT2D eigenvalue weighted by atomic mass is 16.7. The molecule has 2 aromatic carbocycles. The van der Waals surface area contributed by atoms with E-state index in [1.165, 1.54) is 0 Å². The molecule has 4 rings (SSSR count). The average molecular weight is 631 g/mol. The number of rotatable bonds is 9. The molecule has 1 saturated carbocycles. The maximum atomic E-state index is 12.3. The number of hydrogen-bond acceptors (Lipinski definition) is 17. The van der Waals surface area contributed by atoms with Crippen molar-refractivity contribution in [3.8, 4) is 34.5 Å². The van der Waals surface area contributed by atoms with Gasteiger partial charge in [-0.3, -0.25) is 0 Å². The molecule has 0 aromatic heterocycles. The zero-order valence-electron chi connectivity index (χ0n) is 22.8. The van der Waals surface area contributed by atoms with Gasteiger partial charge in [0.1, 0.15) is 37.1 Å². The Labute approximate surface area is 248 Å². The third kappa shape index (κ3) is 7.17. The molecule has 2 fully saturated rings. The minimum Gasteiger partial charge on any atom is -0.504 e. The van der Waals surface area contributed by atoms with Gasteiger partial charge in [0.05, 0.1) is 24.4 Å². The lowest BCUT2D eigenvalue weighted by Crippen LogP contribution is -2.55. The number of phenolic OH excluding ortho intramolecular Hbond substituents is 6. The maximum absolute atomic E-state index is 12.3. The average Bonchev–Trinajstić information content (AvgIpc) is 2.97. The van der Waals surface area contributed by atoms with E-state index < -0.39 is 115 Å². The SMILES string of the molecule is O=C(OC[C@H]1OC[C@H](O[C@@H](O[C@@H](O)C2C[C@@H](O)C(O)[C@@H](O)C2)c2cc(O)c(O)c(O)c2)[C@@H](O)[C@@H]1O)c1cc(O)c(O)c(O)c1. The zero-order valence-corrected chi connectivity index (χ0v) is 22.8. The summed E-state index contributed by atoms with van der Waals surface area (Å²) in [6, 6.07) is 3.51. The summed E-state index contributed by atoms with van der Waals surface area (Å²) in [4.78, 5) is 12.3. The first-order valence-electron chi connectivity index (χ1n) is 13.4. The van der Waals surface area contributed by atoms with Gasteiger partial charge >= 0.3 is 5.97 Å². The third-order valence-corrected chi connectivity index (χ3v) is 7.48. The van der Waals surface area contributed by atoms with E-state index in [9.17, 15) is 66.1 Å². The molecule has 17 nitrogen and oxygen atoms in total. The van der Waals surface area contributed by atoms with Crippen molar-refractivity contribution in [1.82, 2.24) is 0 Å². The molecule has 2 unspecified atom stereocenters. The van der Waals surface area contributed by atoms with E-state index >= 15 is 0 Å². The highest BCUT2D eigenvalue weighted by molar-refractivity contribution is 5.91. The normalized spacial score (nSPS) is 30.4. The van der Waals surface area contributed by atoms with Crippen LogP contribution in [0.4, 0.5) is 0 Å². The van der Waals surface area contributed by atoms with Gasteiger partial charge in [0, 0.05) is 11.5 Å². The molecule has 0 amide bonds. The summed E-state index contributed by atoms with van der Waals surface area (Å²) in [5.41, 5.74) is -0.511. The van der Waals surface area contributed by atoms with Crippen LogP contribution >= 0.6 is 0 Å². The van der Waals surface area contributed by atoms with Crippen molar-refractivity contribution < 1.29 is 85.0 Å². The van der Waals surface area contributed by atoms with Crippen LogP contribution in [0.3, 0.4) is 0 Å². The predicted octanol–water partition coefficient (Wildman–Crippen LogP) is -1.89. The Bertz CT molecular complexity index is 1260. The van der Waals surface area contributed by atoms with E-state index in [-0.39, 0.29) is 24.0 Å². The molecule has 0 bridgehead atoms. The van der Waals surface area contributed by atoms with Crippen LogP contribution in [0.15, 0.2) is 24.3 Å². The van der Waals surface area contributed by atoms with Gasteiger partial charge in [0.2, 0.25) is 0 Å². The fraction of sp³-hybridized carbons (Fsp3) is 0.519. The largest absolute Gasteiger partial charge is 0.504 e. The molecule has 0 spiro atoms. The number of ether oxygens (including phenoxy) is 4. The van der Waals surface area contributed by atoms with Gasteiger partial charge in [-0.05, 0) is 37.1 Å². The Morgan fingerprint density at radius 3 is 1.86 bits per heavy atom. The first kappa shape index (κ1) is 33.2. The number of carbonyl (C=O) groups excluding carboxylic acids is 1. The number of aromatic hydroxyl groups is 6. The molecule has 17 heteroatoms. The lowest BCUT2D eigenvalue weighted by atomic mass is 9.83. The summed E-state index contributed by atoms with van der Waals surface area (Å²) in [6.07, 6.45) is -14.2. The summed E-state index contributed by atoms with van der Waals surface area (Å²) in [7, 11) is 0. The number of aliphatic hydroxyl groups is 6. The van der Waals surface area contributed by atoms with Gasteiger partial charge in [0.15, 0.2) is 47.1 Å². The number of hydrogen-bond donors (Lipinski definition) is 12. The van der Waals surface area contributed by atoms with Crippen LogP contribution in [-0.4, -0.2) is 129 Å².